The molecule has 0 spiro atoms. The Morgan fingerprint density at radius 1 is 1.11 bits per heavy atom. The third-order valence-corrected chi connectivity index (χ3v) is 9.09. The van der Waals surface area contributed by atoms with Crippen LogP contribution in [0.15, 0.2) is 69.9 Å². The maximum Gasteiger partial charge on any atom is 0.301 e. The number of Topliss-reactive ketones (excluding diaryl/α,β-unsaturated/α-hetero) is 1. The second kappa shape index (κ2) is 10.2. The van der Waals surface area contributed by atoms with Crippen molar-refractivity contribution < 1.29 is 14.7 Å². The smallest absolute Gasteiger partial charge is 0.301 e. The molecule has 0 radical (unpaired) electrons. The summed E-state index contributed by atoms with van der Waals surface area (Å²) in [5, 5.41) is 22.7. The highest BCUT2D eigenvalue weighted by Gasteiger charge is 2.49. The quantitative estimate of drug-likeness (QED) is 0.0930. The number of thiophene rings is 1. The topological polar surface area (TPSA) is 83.4 Å². The number of halogens is 1. The van der Waals surface area contributed by atoms with E-state index in [4.69, 9.17) is 11.6 Å². The molecule has 1 N–H and O–H groups in total. The van der Waals surface area contributed by atoms with Crippen molar-refractivity contribution in [2.45, 2.75) is 30.0 Å². The molecule has 2 aromatic carbocycles. The number of aliphatic hydroxyl groups excluding tert-OH is 1. The van der Waals surface area contributed by atoms with Crippen LogP contribution in [0.4, 0.5) is 5.13 Å². The van der Waals surface area contributed by atoms with Gasteiger partial charge in [0, 0.05) is 21.2 Å². The lowest BCUT2D eigenvalue weighted by Crippen LogP contribution is -2.29. The lowest BCUT2D eigenvalue weighted by atomic mass is 9.96. The van der Waals surface area contributed by atoms with Crippen LogP contribution >= 0.6 is 46.0 Å². The van der Waals surface area contributed by atoms with Crippen LogP contribution in [0.5, 0.6) is 0 Å². The molecule has 0 aliphatic carbocycles. The van der Waals surface area contributed by atoms with Crippen molar-refractivity contribution >= 4 is 68.6 Å². The summed E-state index contributed by atoms with van der Waals surface area (Å²) in [7, 11) is 0. The molecule has 2 aromatic heterocycles. The Labute approximate surface area is 225 Å². The van der Waals surface area contributed by atoms with E-state index in [1.54, 1.807) is 0 Å². The number of anilines is 1. The number of aliphatic hydroxyl groups is 1. The first kappa shape index (κ1) is 24.7. The summed E-state index contributed by atoms with van der Waals surface area (Å²) in [5.41, 5.74) is 3.42. The van der Waals surface area contributed by atoms with Gasteiger partial charge in [-0.15, -0.1) is 21.5 Å². The molecular weight excluding hydrogens is 534 g/mol. The minimum absolute atomic E-state index is 0.0571. The third kappa shape index (κ3) is 4.71. The van der Waals surface area contributed by atoms with E-state index in [0.29, 0.717) is 25.8 Å². The largest absolute Gasteiger partial charge is 0.507 e. The summed E-state index contributed by atoms with van der Waals surface area (Å²) in [5.74, 6) is -0.994. The SMILES string of the molecule is Cc1ccc(C)c(/C(O)=C2\C(=O)C(=O)N(c3nnc(SCc4ccc(Cl)cc4)s3)C2c2cccs2)c1. The highest BCUT2D eigenvalue weighted by molar-refractivity contribution is 8.00. The summed E-state index contributed by atoms with van der Waals surface area (Å²) in [4.78, 5) is 28.7. The minimum atomic E-state index is -0.785. The number of hydrogen-bond donors (Lipinski definition) is 1. The van der Waals surface area contributed by atoms with Gasteiger partial charge in [-0.05, 0) is 54.6 Å². The summed E-state index contributed by atoms with van der Waals surface area (Å²) in [6.07, 6.45) is 0. The van der Waals surface area contributed by atoms with Crippen LogP contribution in [-0.4, -0.2) is 27.0 Å². The first-order chi connectivity index (χ1) is 17.3. The first-order valence-corrected chi connectivity index (χ1v) is 14.0. The predicted octanol–water partition coefficient (Wildman–Crippen LogP) is 6.79. The summed E-state index contributed by atoms with van der Waals surface area (Å²) in [6, 6.07) is 16.1. The monoisotopic (exact) mass is 553 g/mol. The standard InChI is InChI=1S/C26H20ClN3O3S3/c1-14-5-6-15(2)18(12-14)22(31)20-21(19-4-3-11-34-19)30(24(33)23(20)32)25-28-29-26(36-25)35-13-16-7-9-17(27)10-8-16/h3-12,21,31H,13H2,1-2H3/b22-20+. The van der Waals surface area contributed by atoms with Crippen molar-refractivity contribution in [3.05, 3.63) is 97.7 Å². The Morgan fingerprint density at radius 3 is 2.61 bits per heavy atom. The molecule has 1 atom stereocenters. The van der Waals surface area contributed by atoms with Gasteiger partial charge in [-0.3, -0.25) is 14.5 Å². The van der Waals surface area contributed by atoms with Crippen LogP contribution in [-0.2, 0) is 15.3 Å². The molecule has 36 heavy (non-hydrogen) atoms. The van der Waals surface area contributed by atoms with Gasteiger partial charge in [0.15, 0.2) is 4.34 Å². The van der Waals surface area contributed by atoms with Gasteiger partial charge in [0.25, 0.3) is 5.78 Å². The van der Waals surface area contributed by atoms with Gasteiger partial charge in [-0.1, -0.05) is 70.6 Å². The Morgan fingerprint density at radius 2 is 1.89 bits per heavy atom. The molecule has 6 nitrogen and oxygen atoms in total. The number of ketones is 1. The Hall–Kier alpha value is -2.98. The Kier molecular flexibility index (Phi) is 6.98. The van der Waals surface area contributed by atoms with Gasteiger partial charge in [0.2, 0.25) is 5.13 Å². The number of amides is 1. The molecule has 1 aliphatic rings. The number of thioether (sulfide) groups is 1. The number of carbonyl (C=O) groups excluding carboxylic acids is 2. The number of benzene rings is 2. The molecule has 0 bridgehead atoms. The molecule has 3 heterocycles. The fraction of sp³-hybridized carbons (Fsp3) is 0.154. The maximum absolute atomic E-state index is 13.3. The van der Waals surface area contributed by atoms with Crippen molar-refractivity contribution in [3.63, 3.8) is 0 Å². The summed E-state index contributed by atoms with van der Waals surface area (Å²) < 4.78 is 0.668. The Balaban J connectivity index is 1.52. The molecule has 4 aromatic rings. The van der Waals surface area contributed by atoms with Crippen LogP contribution < -0.4 is 4.90 Å². The van der Waals surface area contributed by atoms with Gasteiger partial charge < -0.3 is 5.11 Å². The van der Waals surface area contributed by atoms with Crippen molar-refractivity contribution in [2.24, 2.45) is 0 Å². The zero-order valence-electron chi connectivity index (χ0n) is 19.3. The number of aryl methyl sites for hydroxylation is 2. The lowest BCUT2D eigenvalue weighted by Gasteiger charge is -2.21. The maximum atomic E-state index is 13.3. The fourth-order valence-electron chi connectivity index (χ4n) is 3.97. The van der Waals surface area contributed by atoms with Crippen LogP contribution in [0.25, 0.3) is 5.76 Å². The minimum Gasteiger partial charge on any atom is -0.507 e. The summed E-state index contributed by atoms with van der Waals surface area (Å²) >= 11 is 10.1. The highest BCUT2D eigenvalue weighted by Crippen LogP contribution is 2.45. The molecule has 0 saturated carbocycles. The average Bonchev–Trinajstić information content (AvgIpc) is 3.61. The fourth-order valence-corrected chi connectivity index (χ4v) is 6.74. The van der Waals surface area contributed by atoms with Gasteiger partial charge in [0.05, 0.1) is 5.57 Å². The number of carbonyl (C=O) groups is 2. The van der Waals surface area contributed by atoms with Crippen LogP contribution in [0.1, 0.15) is 33.2 Å². The molecule has 1 saturated heterocycles. The van der Waals surface area contributed by atoms with Gasteiger partial charge >= 0.3 is 5.91 Å². The van der Waals surface area contributed by atoms with E-state index in [2.05, 4.69) is 10.2 Å². The molecular formula is C26H20ClN3O3S3. The second-order valence-electron chi connectivity index (χ2n) is 8.27. The number of rotatable bonds is 6. The van der Waals surface area contributed by atoms with Gasteiger partial charge in [-0.25, -0.2) is 0 Å². The lowest BCUT2D eigenvalue weighted by molar-refractivity contribution is -0.132. The van der Waals surface area contributed by atoms with E-state index in [0.717, 1.165) is 21.6 Å². The number of nitrogens with zero attached hydrogens (tertiary/aromatic N) is 3. The molecule has 182 valence electrons. The van der Waals surface area contributed by atoms with Crippen LogP contribution in [0.2, 0.25) is 5.02 Å². The molecule has 1 fully saturated rings. The molecule has 1 aliphatic heterocycles. The second-order valence-corrected chi connectivity index (χ2v) is 11.9. The normalized spacial score (nSPS) is 17.2. The highest BCUT2D eigenvalue weighted by atomic mass is 35.5. The molecule has 5 rings (SSSR count). The zero-order valence-corrected chi connectivity index (χ0v) is 22.5. The molecule has 1 unspecified atom stereocenters. The third-order valence-electron chi connectivity index (χ3n) is 5.78. The van der Waals surface area contributed by atoms with E-state index < -0.39 is 17.7 Å². The molecule has 10 heteroatoms. The van der Waals surface area contributed by atoms with Gasteiger partial charge in [-0.2, -0.15) is 0 Å². The van der Waals surface area contributed by atoms with Crippen molar-refractivity contribution in [3.8, 4) is 0 Å². The van der Waals surface area contributed by atoms with Crippen molar-refractivity contribution in [1.82, 2.24) is 10.2 Å². The van der Waals surface area contributed by atoms with Crippen LogP contribution in [0.3, 0.4) is 0 Å². The van der Waals surface area contributed by atoms with Crippen molar-refractivity contribution in [2.75, 3.05) is 4.90 Å². The summed E-state index contributed by atoms with van der Waals surface area (Å²) in [6.45, 7) is 3.77. The van der Waals surface area contributed by atoms with E-state index in [1.165, 1.54) is 39.3 Å². The molecule has 1 amide bonds. The van der Waals surface area contributed by atoms with Gasteiger partial charge in [0.1, 0.15) is 11.8 Å². The van der Waals surface area contributed by atoms with E-state index >= 15 is 0 Å². The van der Waals surface area contributed by atoms with Crippen LogP contribution in [0, 0.1) is 13.8 Å². The average molecular weight is 554 g/mol. The Bertz CT molecular complexity index is 1480. The van der Waals surface area contributed by atoms with E-state index in [9.17, 15) is 14.7 Å². The number of hydrogen-bond acceptors (Lipinski definition) is 8. The van der Waals surface area contributed by atoms with E-state index in [-0.39, 0.29) is 11.3 Å². The van der Waals surface area contributed by atoms with Crippen molar-refractivity contribution in [1.29, 1.82) is 0 Å². The van der Waals surface area contributed by atoms with E-state index in [1.807, 2.05) is 73.8 Å². The first-order valence-electron chi connectivity index (χ1n) is 11.0. The number of aromatic nitrogens is 2. The zero-order chi connectivity index (χ0) is 25.4. The predicted molar refractivity (Wildman–Crippen MR) is 146 cm³/mol.